The summed E-state index contributed by atoms with van der Waals surface area (Å²) in [5, 5.41) is 4.38. The maximum Gasteiger partial charge on any atom is 0.0565 e. The molecule has 0 N–H and O–H groups in total. The van der Waals surface area contributed by atoms with Crippen LogP contribution in [0.2, 0.25) is 0 Å². The van der Waals surface area contributed by atoms with Crippen molar-refractivity contribution in [3.8, 4) is 0 Å². The smallest absolute Gasteiger partial charge is 0.0565 e. The van der Waals surface area contributed by atoms with E-state index in [0.717, 1.165) is 13.1 Å². The van der Waals surface area contributed by atoms with E-state index in [1.807, 2.05) is 6.20 Å². The average Bonchev–Trinajstić information content (AvgIpc) is 2.86. The zero-order valence-corrected chi connectivity index (χ0v) is 11.2. The molecule has 3 heteroatoms. The molecule has 0 aliphatic carbocycles. The number of hydrogen-bond acceptors (Lipinski definition) is 2. The first-order valence-electron chi connectivity index (χ1n) is 6.51. The first-order valence-corrected chi connectivity index (χ1v) is 6.51. The molecule has 1 saturated heterocycles. The highest BCUT2D eigenvalue weighted by molar-refractivity contribution is 5.00. The fraction of sp³-hybridized carbons (Fsp3) is 0.643. The van der Waals surface area contributed by atoms with Crippen LogP contribution in [0.15, 0.2) is 24.0 Å². The van der Waals surface area contributed by atoms with Crippen LogP contribution in [0.25, 0.3) is 0 Å². The van der Waals surface area contributed by atoms with Gasteiger partial charge in [0.2, 0.25) is 0 Å². The molecule has 1 fully saturated rings. The van der Waals surface area contributed by atoms with Crippen molar-refractivity contribution in [3.63, 3.8) is 0 Å². The van der Waals surface area contributed by atoms with Gasteiger partial charge in [0.05, 0.1) is 12.7 Å². The molecule has 1 aliphatic rings. The van der Waals surface area contributed by atoms with Gasteiger partial charge in [-0.3, -0.25) is 9.58 Å². The van der Waals surface area contributed by atoms with Crippen LogP contribution in [-0.4, -0.2) is 33.8 Å². The van der Waals surface area contributed by atoms with Crippen LogP contribution in [0, 0.1) is 6.92 Å². The van der Waals surface area contributed by atoms with E-state index < -0.39 is 0 Å². The number of rotatable bonds is 4. The molecule has 3 nitrogen and oxygen atoms in total. The van der Waals surface area contributed by atoms with Crippen molar-refractivity contribution >= 4 is 0 Å². The molecule has 0 unspecified atom stereocenters. The first kappa shape index (κ1) is 12.4. The van der Waals surface area contributed by atoms with Crippen molar-refractivity contribution in [1.29, 1.82) is 0 Å². The van der Waals surface area contributed by atoms with Crippen molar-refractivity contribution in [2.45, 2.75) is 46.2 Å². The highest BCUT2D eigenvalue weighted by atomic mass is 15.3. The maximum atomic E-state index is 4.38. The van der Waals surface area contributed by atoms with Crippen LogP contribution in [0.5, 0.6) is 0 Å². The number of allylic oxidation sites excluding steroid dienone is 1. The lowest BCUT2D eigenvalue weighted by Crippen LogP contribution is -2.33. The highest BCUT2D eigenvalue weighted by Gasteiger charge is 2.23. The van der Waals surface area contributed by atoms with E-state index >= 15 is 0 Å². The summed E-state index contributed by atoms with van der Waals surface area (Å²) in [5.41, 5.74) is 2.66. The third-order valence-electron chi connectivity index (χ3n) is 3.39. The second-order valence-corrected chi connectivity index (χ2v) is 5.31. The molecule has 1 atom stereocenters. The Bertz CT molecular complexity index is 388. The predicted octanol–water partition coefficient (Wildman–Crippen LogP) is 2.62. The molecule has 0 radical (unpaired) electrons. The summed E-state index contributed by atoms with van der Waals surface area (Å²) in [6.07, 6.45) is 9.02. The van der Waals surface area contributed by atoms with Crippen molar-refractivity contribution in [3.05, 3.63) is 29.6 Å². The Hall–Kier alpha value is -1.09. The maximum absolute atomic E-state index is 4.38. The van der Waals surface area contributed by atoms with Crippen molar-refractivity contribution in [2.75, 3.05) is 13.1 Å². The third kappa shape index (κ3) is 3.43. The number of likely N-dealkylation sites (tertiary alicyclic amines) is 1. The molecule has 0 spiro atoms. The van der Waals surface area contributed by atoms with Gasteiger partial charge in [0.1, 0.15) is 0 Å². The first-order chi connectivity index (χ1) is 8.15. The fourth-order valence-electron chi connectivity index (χ4n) is 2.42. The molecule has 1 aliphatic heterocycles. The van der Waals surface area contributed by atoms with Gasteiger partial charge in [-0.05, 0) is 45.7 Å². The molecule has 17 heavy (non-hydrogen) atoms. The second kappa shape index (κ2) is 5.50. The molecule has 2 rings (SSSR count). The Morgan fingerprint density at radius 3 is 3.00 bits per heavy atom. The van der Waals surface area contributed by atoms with Gasteiger partial charge >= 0.3 is 0 Å². The average molecular weight is 233 g/mol. The van der Waals surface area contributed by atoms with Crippen molar-refractivity contribution in [1.82, 2.24) is 14.7 Å². The van der Waals surface area contributed by atoms with E-state index in [1.54, 1.807) is 0 Å². The van der Waals surface area contributed by atoms with E-state index in [2.05, 4.69) is 47.7 Å². The molecule has 1 aromatic rings. The SMILES string of the molecule is CC(C)=CCN1CCC[C@@H]1Cn1cc(C)cn1. The summed E-state index contributed by atoms with van der Waals surface area (Å²) >= 11 is 0. The summed E-state index contributed by atoms with van der Waals surface area (Å²) in [4.78, 5) is 2.57. The number of aromatic nitrogens is 2. The Balaban J connectivity index is 1.93. The summed E-state index contributed by atoms with van der Waals surface area (Å²) in [7, 11) is 0. The molecule has 1 aromatic heterocycles. The monoisotopic (exact) mass is 233 g/mol. The van der Waals surface area contributed by atoms with Gasteiger partial charge in [-0.1, -0.05) is 11.6 Å². The Morgan fingerprint density at radius 2 is 2.35 bits per heavy atom. The largest absolute Gasteiger partial charge is 0.295 e. The van der Waals surface area contributed by atoms with Crippen LogP contribution >= 0.6 is 0 Å². The lowest BCUT2D eigenvalue weighted by molar-refractivity contribution is 0.249. The zero-order valence-electron chi connectivity index (χ0n) is 11.2. The molecular formula is C14H23N3. The van der Waals surface area contributed by atoms with Crippen molar-refractivity contribution < 1.29 is 0 Å². The molecular weight excluding hydrogens is 210 g/mol. The summed E-state index contributed by atoms with van der Waals surface area (Å²) in [6, 6.07) is 0.657. The lowest BCUT2D eigenvalue weighted by Gasteiger charge is -2.23. The fourth-order valence-corrected chi connectivity index (χ4v) is 2.42. The van der Waals surface area contributed by atoms with Gasteiger partial charge in [-0.15, -0.1) is 0 Å². The minimum Gasteiger partial charge on any atom is -0.295 e. The van der Waals surface area contributed by atoms with Gasteiger partial charge in [0.25, 0.3) is 0 Å². The number of hydrogen-bond donors (Lipinski definition) is 0. The van der Waals surface area contributed by atoms with Crippen LogP contribution in [0.3, 0.4) is 0 Å². The normalized spacial score (nSPS) is 20.8. The van der Waals surface area contributed by atoms with Gasteiger partial charge in [0.15, 0.2) is 0 Å². The third-order valence-corrected chi connectivity index (χ3v) is 3.39. The second-order valence-electron chi connectivity index (χ2n) is 5.31. The summed E-state index contributed by atoms with van der Waals surface area (Å²) < 4.78 is 2.08. The van der Waals surface area contributed by atoms with Crippen molar-refractivity contribution in [2.24, 2.45) is 0 Å². The molecule has 0 saturated carbocycles. The van der Waals surface area contributed by atoms with E-state index in [-0.39, 0.29) is 0 Å². The van der Waals surface area contributed by atoms with Crippen LogP contribution in [0.4, 0.5) is 0 Å². The van der Waals surface area contributed by atoms with Gasteiger partial charge in [0, 0.05) is 18.8 Å². The number of nitrogens with zero attached hydrogens (tertiary/aromatic N) is 3. The zero-order chi connectivity index (χ0) is 12.3. The highest BCUT2D eigenvalue weighted by Crippen LogP contribution is 2.18. The molecule has 0 amide bonds. The quantitative estimate of drug-likeness (QED) is 0.745. The Kier molecular flexibility index (Phi) is 4.00. The van der Waals surface area contributed by atoms with Crippen LogP contribution in [0.1, 0.15) is 32.3 Å². The standard InChI is InChI=1S/C14H23N3/c1-12(2)6-8-16-7-4-5-14(16)11-17-10-13(3)9-15-17/h6,9-10,14H,4-5,7-8,11H2,1-3H3/t14-/m1/s1. The minimum absolute atomic E-state index is 0.657. The Labute approximate surface area is 104 Å². The predicted molar refractivity (Wildman–Crippen MR) is 71.0 cm³/mol. The lowest BCUT2D eigenvalue weighted by atomic mass is 10.2. The Morgan fingerprint density at radius 1 is 1.53 bits per heavy atom. The van der Waals surface area contributed by atoms with Gasteiger partial charge in [-0.2, -0.15) is 5.10 Å². The van der Waals surface area contributed by atoms with E-state index in [9.17, 15) is 0 Å². The van der Waals surface area contributed by atoms with Gasteiger partial charge < -0.3 is 0 Å². The van der Waals surface area contributed by atoms with Crippen LogP contribution < -0.4 is 0 Å². The summed E-state index contributed by atoms with van der Waals surface area (Å²) in [5.74, 6) is 0. The van der Waals surface area contributed by atoms with E-state index in [4.69, 9.17) is 0 Å². The molecule has 0 aromatic carbocycles. The van der Waals surface area contributed by atoms with E-state index in [0.29, 0.717) is 6.04 Å². The van der Waals surface area contributed by atoms with E-state index in [1.165, 1.54) is 30.5 Å². The van der Waals surface area contributed by atoms with Gasteiger partial charge in [-0.25, -0.2) is 0 Å². The number of aryl methyl sites for hydroxylation is 1. The molecule has 94 valence electrons. The molecule has 2 heterocycles. The van der Waals surface area contributed by atoms with Crippen LogP contribution in [-0.2, 0) is 6.54 Å². The topological polar surface area (TPSA) is 21.1 Å². The molecule has 0 bridgehead atoms. The minimum atomic E-state index is 0.657. The summed E-state index contributed by atoms with van der Waals surface area (Å²) in [6.45, 7) is 9.79.